The molecule has 22 heavy (non-hydrogen) atoms. The molecule has 2 N–H and O–H groups in total. The Kier molecular flexibility index (Phi) is 3.31. The summed E-state index contributed by atoms with van der Waals surface area (Å²) in [6, 6.07) is 4.07. The first-order chi connectivity index (χ1) is 10.4. The van der Waals surface area contributed by atoms with Crippen LogP contribution in [0.3, 0.4) is 0 Å². The third-order valence-corrected chi connectivity index (χ3v) is 3.69. The van der Waals surface area contributed by atoms with Gasteiger partial charge < -0.3 is 10.00 Å². The number of carbonyl (C=O) groups excluding carboxylic acids is 1. The fraction of sp³-hybridized carbons (Fsp3) is 0.286. The maximum absolute atomic E-state index is 12.5. The summed E-state index contributed by atoms with van der Waals surface area (Å²) in [4.78, 5) is 25.4. The van der Waals surface area contributed by atoms with Gasteiger partial charge in [0.25, 0.3) is 11.5 Å². The molecule has 0 saturated carbocycles. The van der Waals surface area contributed by atoms with Gasteiger partial charge >= 0.3 is 6.18 Å². The number of aromatic nitrogens is 2. The molecule has 0 spiro atoms. The number of amides is 1. The Morgan fingerprint density at radius 2 is 1.82 bits per heavy atom. The lowest BCUT2D eigenvalue weighted by Crippen LogP contribution is -2.37. The number of fused-ring (bicyclic) bond motifs is 1. The highest BCUT2D eigenvalue weighted by Gasteiger charge is 2.31. The summed E-state index contributed by atoms with van der Waals surface area (Å²) < 4.78 is 37.5. The zero-order valence-corrected chi connectivity index (χ0v) is 11.3. The number of hydrogen-bond acceptors (Lipinski definition) is 2. The molecule has 116 valence electrons. The van der Waals surface area contributed by atoms with Crippen LogP contribution in [0.2, 0.25) is 0 Å². The summed E-state index contributed by atoms with van der Waals surface area (Å²) in [7, 11) is 0. The summed E-state index contributed by atoms with van der Waals surface area (Å²) in [6.07, 6.45) is -3.93. The van der Waals surface area contributed by atoms with E-state index in [9.17, 15) is 22.8 Å². The Labute approximate surface area is 122 Å². The molecule has 1 aromatic heterocycles. The van der Waals surface area contributed by atoms with E-state index in [1.165, 1.54) is 4.90 Å². The molecule has 8 heteroatoms. The van der Waals surface area contributed by atoms with E-state index in [4.69, 9.17) is 0 Å². The lowest BCUT2D eigenvalue weighted by atomic mass is 10.1. The molecule has 5 nitrogen and oxygen atoms in total. The van der Waals surface area contributed by atoms with Crippen LogP contribution in [0.4, 0.5) is 13.2 Å². The van der Waals surface area contributed by atoms with Crippen molar-refractivity contribution in [2.24, 2.45) is 0 Å². The second-order valence-electron chi connectivity index (χ2n) is 5.09. The molecule has 0 fully saturated rings. The van der Waals surface area contributed by atoms with Gasteiger partial charge in [0.2, 0.25) is 0 Å². The van der Waals surface area contributed by atoms with Crippen molar-refractivity contribution in [3.05, 3.63) is 57.0 Å². The zero-order valence-electron chi connectivity index (χ0n) is 11.3. The lowest BCUT2D eigenvalue weighted by molar-refractivity contribution is -0.137. The number of hydrogen-bond donors (Lipinski definition) is 2. The fourth-order valence-electron chi connectivity index (χ4n) is 2.48. The van der Waals surface area contributed by atoms with Crippen molar-refractivity contribution >= 4 is 5.91 Å². The van der Waals surface area contributed by atoms with Gasteiger partial charge in [0.05, 0.1) is 17.7 Å². The smallest absolute Gasteiger partial charge is 0.334 e. The molecular formula is C14H12F3N3O2. The van der Waals surface area contributed by atoms with Crippen LogP contribution in [0.5, 0.6) is 0 Å². The SMILES string of the molecule is O=C(c1ccc(C(F)(F)F)cc1)N1CCc2[nH][nH]c(=O)c2C1. The van der Waals surface area contributed by atoms with Crippen molar-refractivity contribution in [3.63, 3.8) is 0 Å². The van der Waals surface area contributed by atoms with Crippen LogP contribution in [-0.2, 0) is 19.1 Å². The number of benzene rings is 1. The third kappa shape index (κ3) is 2.51. The van der Waals surface area contributed by atoms with Crippen LogP contribution in [-0.4, -0.2) is 27.5 Å². The van der Waals surface area contributed by atoms with Gasteiger partial charge in [0, 0.05) is 24.2 Å². The summed E-state index contributed by atoms with van der Waals surface area (Å²) in [6.45, 7) is 0.550. The molecule has 3 rings (SSSR count). The monoisotopic (exact) mass is 311 g/mol. The van der Waals surface area contributed by atoms with E-state index >= 15 is 0 Å². The Morgan fingerprint density at radius 3 is 2.45 bits per heavy atom. The molecule has 0 radical (unpaired) electrons. The van der Waals surface area contributed by atoms with Crippen molar-refractivity contribution in [2.75, 3.05) is 6.54 Å². The summed E-state index contributed by atoms with van der Waals surface area (Å²) in [5, 5.41) is 5.21. The highest BCUT2D eigenvalue weighted by molar-refractivity contribution is 5.94. The van der Waals surface area contributed by atoms with Crippen molar-refractivity contribution in [3.8, 4) is 0 Å². The minimum Gasteiger partial charge on any atom is -0.334 e. The molecule has 0 unspecified atom stereocenters. The number of carbonyl (C=O) groups is 1. The Bertz CT molecular complexity index is 759. The molecule has 0 aliphatic carbocycles. The molecule has 1 amide bonds. The molecule has 0 atom stereocenters. The van der Waals surface area contributed by atoms with Crippen LogP contribution in [0.15, 0.2) is 29.1 Å². The molecule has 2 heterocycles. The lowest BCUT2D eigenvalue weighted by Gasteiger charge is -2.26. The van der Waals surface area contributed by atoms with Gasteiger partial charge in [-0.05, 0) is 24.3 Å². The minimum absolute atomic E-state index is 0.147. The van der Waals surface area contributed by atoms with E-state index < -0.39 is 11.7 Å². The van der Waals surface area contributed by atoms with Crippen LogP contribution in [0.25, 0.3) is 0 Å². The summed E-state index contributed by atoms with van der Waals surface area (Å²) >= 11 is 0. The highest BCUT2D eigenvalue weighted by atomic mass is 19.4. The predicted molar refractivity (Wildman–Crippen MR) is 71.3 cm³/mol. The highest BCUT2D eigenvalue weighted by Crippen LogP contribution is 2.29. The molecule has 0 bridgehead atoms. The van der Waals surface area contributed by atoms with E-state index in [0.29, 0.717) is 18.5 Å². The van der Waals surface area contributed by atoms with Gasteiger partial charge in [-0.15, -0.1) is 0 Å². The molecule has 2 aromatic rings. The normalized spacial score (nSPS) is 14.8. The summed E-state index contributed by atoms with van der Waals surface area (Å²) in [5.74, 6) is -0.389. The third-order valence-electron chi connectivity index (χ3n) is 3.69. The zero-order chi connectivity index (χ0) is 15.9. The van der Waals surface area contributed by atoms with Crippen LogP contribution >= 0.6 is 0 Å². The number of rotatable bonds is 1. The molecule has 0 saturated heterocycles. The quantitative estimate of drug-likeness (QED) is 0.845. The molecular weight excluding hydrogens is 299 g/mol. The topological polar surface area (TPSA) is 69.0 Å². The molecule has 1 aromatic carbocycles. The second kappa shape index (κ2) is 5.04. The molecule has 1 aliphatic rings. The first-order valence-corrected chi connectivity index (χ1v) is 6.61. The predicted octanol–water partition coefficient (Wildman–Crippen LogP) is 1.92. The minimum atomic E-state index is -4.43. The fourth-order valence-corrected chi connectivity index (χ4v) is 2.48. The maximum Gasteiger partial charge on any atom is 0.416 e. The van der Waals surface area contributed by atoms with Crippen molar-refractivity contribution in [1.82, 2.24) is 15.1 Å². The van der Waals surface area contributed by atoms with Gasteiger partial charge in [-0.3, -0.25) is 14.7 Å². The summed E-state index contributed by atoms with van der Waals surface area (Å²) in [5.41, 5.74) is 0.350. The van der Waals surface area contributed by atoms with Crippen LogP contribution in [0, 0.1) is 0 Å². The standard InChI is InChI=1S/C14H12F3N3O2/c15-14(16,17)9-3-1-8(2-4-9)13(22)20-6-5-11-10(7-20)12(21)19-18-11/h1-4H,5-7H2,(H2,18,19,21). The van der Waals surface area contributed by atoms with E-state index in [1.807, 2.05) is 0 Å². The largest absolute Gasteiger partial charge is 0.416 e. The number of nitrogens with one attached hydrogen (secondary N) is 2. The van der Waals surface area contributed by atoms with Crippen LogP contribution < -0.4 is 5.56 Å². The van der Waals surface area contributed by atoms with E-state index in [0.717, 1.165) is 30.0 Å². The Morgan fingerprint density at radius 1 is 1.14 bits per heavy atom. The first kappa shape index (κ1) is 14.4. The van der Waals surface area contributed by atoms with Gasteiger partial charge in [-0.2, -0.15) is 13.2 Å². The van der Waals surface area contributed by atoms with Crippen molar-refractivity contribution < 1.29 is 18.0 Å². The number of H-pyrrole nitrogens is 2. The van der Waals surface area contributed by atoms with E-state index in [1.54, 1.807) is 0 Å². The van der Waals surface area contributed by atoms with Crippen molar-refractivity contribution in [1.29, 1.82) is 0 Å². The number of aromatic amines is 2. The average molecular weight is 311 g/mol. The second-order valence-corrected chi connectivity index (χ2v) is 5.09. The maximum atomic E-state index is 12.5. The molecule has 1 aliphatic heterocycles. The number of nitrogens with zero attached hydrogens (tertiary/aromatic N) is 1. The van der Waals surface area contributed by atoms with Crippen molar-refractivity contribution in [2.45, 2.75) is 19.1 Å². The van der Waals surface area contributed by atoms with E-state index in [-0.39, 0.29) is 23.6 Å². The van der Waals surface area contributed by atoms with E-state index in [2.05, 4.69) is 10.2 Å². The van der Waals surface area contributed by atoms with Crippen LogP contribution in [0.1, 0.15) is 27.2 Å². The first-order valence-electron chi connectivity index (χ1n) is 6.61. The Hall–Kier alpha value is -2.51. The Balaban J connectivity index is 1.80. The number of halogens is 3. The van der Waals surface area contributed by atoms with Gasteiger partial charge in [0.1, 0.15) is 0 Å². The average Bonchev–Trinajstić information content (AvgIpc) is 2.87. The van der Waals surface area contributed by atoms with Gasteiger partial charge in [-0.25, -0.2) is 0 Å². The number of alkyl halides is 3. The van der Waals surface area contributed by atoms with Gasteiger partial charge in [-0.1, -0.05) is 0 Å². The van der Waals surface area contributed by atoms with Gasteiger partial charge in [0.15, 0.2) is 0 Å².